The van der Waals surface area contributed by atoms with Crippen LogP contribution in [0.15, 0.2) is 16.6 Å². The molecule has 0 spiro atoms. The Labute approximate surface area is 95.2 Å². The largest absolute Gasteiger partial charge is 0.394 e. The fourth-order valence-electron chi connectivity index (χ4n) is 1.20. The van der Waals surface area contributed by atoms with Crippen molar-refractivity contribution in [2.45, 2.75) is 18.9 Å². The number of benzene rings is 1. The van der Waals surface area contributed by atoms with Gasteiger partial charge in [-0.2, -0.15) is 0 Å². The molecule has 0 aromatic heterocycles. The van der Waals surface area contributed by atoms with Crippen LogP contribution in [0.2, 0.25) is 0 Å². The normalized spacial score (nSPS) is 15.1. The van der Waals surface area contributed by atoms with Gasteiger partial charge in [0.2, 0.25) is 0 Å². The lowest BCUT2D eigenvalue weighted by Gasteiger charge is -2.22. The zero-order valence-electron chi connectivity index (χ0n) is 8.23. The molecule has 0 aliphatic rings. The van der Waals surface area contributed by atoms with Crippen LogP contribution in [0, 0.1) is 11.6 Å². The first-order valence-corrected chi connectivity index (χ1v) is 5.18. The molecule has 0 saturated carbocycles. The summed E-state index contributed by atoms with van der Waals surface area (Å²) < 4.78 is 27.1. The molecule has 0 amide bonds. The third kappa shape index (κ3) is 3.22. The first kappa shape index (κ1) is 12.5. The summed E-state index contributed by atoms with van der Waals surface area (Å²) in [6.07, 6.45) is -0.0472. The summed E-state index contributed by atoms with van der Waals surface area (Å²) in [5.41, 5.74) is 4.51. The Morgan fingerprint density at radius 1 is 1.40 bits per heavy atom. The first-order valence-electron chi connectivity index (χ1n) is 4.39. The van der Waals surface area contributed by atoms with Gasteiger partial charge in [-0.3, -0.25) is 0 Å². The van der Waals surface area contributed by atoms with E-state index < -0.39 is 17.2 Å². The Hall–Kier alpha value is -0.520. The fraction of sp³-hybridized carbons (Fsp3) is 0.400. The van der Waals surface area contributed by atoms with Gasteiger partial charge in [-0.15, -0.1) is 0 Å². The molecule has 5 heteroatoms. The van der Waals surface area contributed by atoms with E-state index >= 15 is 0 Å². The van der Waals surface area contributed by atoms with Gasteiger partial charge in [0.05, 0.1) is 6.61 Å². The molecule has 84 valence electrons. The Bertz CT molecular complexity index is 345. The molecule has 1 atom stereocenters. The van der Waals surface area contributed by atoms with Gasteiger partial charge in [0.15, 0.2) is 0 Å². The van der Waals surface area contributed by atoms with E-state index in [1.54, 1.807) is 0 Å². The van der Waals surface area contributed by atoms with Gasteiger partial charge >= 0.3 is 0 Å². The molecule has 3 N–H and O–H groups in total. The summed E-state index contributed by atoms with van der Waals surface area (Å²) in [5.74, 6) is -1.32. The lowest BCUT2D eigenvalue weighted by atomic mass is 9.94. The Balaban J connectivity index is 3.05. The van der Waals surface area contributed by atoms with Crippen LogP contribution in [-0.4, -0.2) is 17.3 Å². The molecule has 1 aromatic rings. The molecular formula is C10H12BrF2NO. The van der Waals surface area contributed by atoms with E-state index in [2.05, 4.69) is 15.9 Å². The van der Waals surface area contributed by atoms with E-state index in [1.807, 2.05) is 0 Å². The predicted octanol–water partition coefficient (Wildman–Crippen LogP) is 1.98. The van der Waals surface area contributed by atoms with E-state index in [9.17, 15) is 8.78 Å². The average molecular weight is 280 g/mol. The lowest BCUT2D eigenvalue weighted by molar-refractivity contribution is 0.206. The van der Waals surface area contributed by atoms with Crippen molar-refractivity contribution in [3.8, 4) is 0 Å². The van der Waals surface area contributed by atoms with Crippen LogP contribution in [0.4, 0.5) is 8.78 Å². The van der Waals surface area contributed by atoms with Crippen LogP contribution in [0.1, 0.15) is 12.5 Å². The Morgan fingerprint density at radius 3 is 2.27 bits per heavy atom. The van der Waals surface area contributed by atoms with Crippen LogP contribution in [0.5, 0.6) is 0 Å². The minimum atomic E-state index is -1.02. The average Bonchev–Trinajstić information content (AvgIpc) is 2.11. The molecule has 0 radical (unpaired) electrons. The molecule has 0 heterocycles. The molecule has 0 bridgehead atoms. The molecular weight excluding hydrogens is 268 g/mol. The second-order valence-electron chi connectivity index (χ2n) is 3.84. The number of aliphatic hydroxyl groups excluding tert-OH is 1. The third-order valence-corrected chi connectivity index (χ3v) is 2.51. The van der Waals surface area contributed by atoms with E-state index in [-0.39, 0.29) is 18.6 Å². The topological polar surface area (TPSA) is 46.2 Å². The van der Waals surface area contributed by atoms with E-state index in [4.69, 9.17) is 10.8 Å². The molecule has 0 aliphatic heterocycles. The zero-order valence-corrected chi connectivity index (χ0v) is 9.81. The van der Waals surface area contributed by atoms with Gasteiger partial charge in [0, 0.05) is 15.6 Å². The van der Waals surface area contributed by atoms with Gasteiger partial charge in [-0.25, -0.2) is 8.78 Å². The lowest BCUT2D eigenvalue weighted by Crippen LogP contribution is -2.42. The summed E-state index contributed by atoms with van der Waals surface area (Å²) in [4.78, 5) is 0. The number of rotatable bonds is 3. The number of hydrogen-bond donors (Lipinski definition) is 2. The maximum atomic E-state index is 13.4. The number of hydrogen-bond acceptors (Lipinski definition) is 2. The van der Waals surface area contributed by atoms with Crippen molar-refractivity contribution >= 4 is 15.9 Å². The molecule has 1 aromatic carbocycles. The minimum absolute atomic E-state index is 0.0472. The van der Waals surface area contributed by atoms with E-state index in [1.165, 1.54) is 19.1 Å². The van der Waals surface area contributed by atoms with Crippen LogP contribution in [0.25, 0.3) is 0 Å². The van der Waals surface area contributed by atoms with Crippen molar-refractivity contribution < 1.29 is 13.9 Å². The summed E-state index contributed by atoms with van der Waals surface area (Å²) in [6, 6.07) is 2.34. The monoisotopic (exact) mass is 279 g/mol. The molecule has 0 saturated heterocycles. The highest BCUT2D eigenvalue weighted by atomic mass is 79.9. The smallest absolute Gasteiger partial charge is 0.130 e. The first-order chi connectivity index (χ1) is 6.85. The summed E-state index contributed by atoms with van der Waals surface area (Å²) >= 11 is 2.98. The Morgan fingerprint density at radius 2 is 1.87 bits per heavy atom. The molecule has 15 heavy (non-hydrogen) atoms. The highest BCUT2D eigenvalue weighted by Gasteiger charge is 2.22. The van der Waals surface area contributed by atoms with Gasteiger partial charge in [0.1, 0.15) is 11.6 Å². The highest BCUT2D eigenvalue weighted by molar-refractivity contribution is 9.10. The molecule has 0 aliphatic carbocycles. The quantitative estimate of drug-likeness (QED) is 0.889. The van der Waals surface area contributed by atoms with Crippen molar-refractivity contribution in [2.75, 3.05) is 6.61 Å². The van der Waals surface area contributed by atoms with Gasteiger partial charge < -0.3 is 10.8 Å². The van der Waals surface area contributed by atoms with Gasteiger partial charge in [-0.05, 0) is 25.5 Å². The summed E-state index contributed by atoms with van der Waals surface area (Å²) in [5, 5.41) is 8.91. The molecule has 2 nitrogen and oxygen atoms in total. The van der Waals surface area contributed by atoms with Crippen molar-refractivity contribution in [3.63, 3.8) is 0 Å². The number of aliphatic hydroxyl groups is 1. The maximum Gasteiger partial charge on any atom is 0.130 e. The van der Waals surface area contributed by atoms with E-state index in [0.717, 1.165) is 0 Å². The third-order valence-electron chi connectivity index (χ3n) is 2.05. The molecule has 1 rings (SSSR count). The zero-order chi connectivity index (χ0) is 11.6. The predicted molar refractivity (Wildman–Crippen MR) is 57.4 cm³/mol. The molecule has 1 unspecified atom stereocenters. The second-order valence-corrected chi connectivity index (χ2v) is 4.75. The van der Waals surface area contributed by atoms with Crippen molar-refractivity contribution in [3.05, 3.63) is 33.8 Å². The van der Waals surface area contributed by atoms with E-state index in [0.29, 0.717) is 4.47 Å². The Kier molecular flexibility index (Phi) is 3.81. The van der Waals surface area contributed by atoms with Crippen molar-refractivity contribution in [2.24, 2.45) is 5.73 Å². The second kappa shape index (κ2) is 4.55. The highest BCUT2D eigenvalue weighted by Crippen LogP contribution is 2.22. The van der Waals surface area contributed by atoms with Crippen LogP contribution in [0.3, 0.4) is 0 Å². The van der Waals surface area contributed by atoms with Crippen LogP contribution < -0.4 is 5.73 Å². The standard InChI is InChI=1S/C10H12BrF2NO/c1-10(14,5-15)4-7-8(12)2-6(11)3-9(7)13/h2-3,15H,4-5,14H2,1H3. The summed E-state index contributed by atoms with van der Waals surface area (Å²) in [7, 11) is 0. The number of halogens is 3. The van der Waals surface area contributed by atoms with Gasteiger partial charge in [0.25, 0.3) is 0 Å². The minimum Gasteiger partial charge on any atom is -0.394 e. The van der Waals surface area contributed by atoms with Crippen molar-refractivity contribution in [1.29, 1.82) is 0 Å². The SMILES string of the molecule is CC(N)(CO)Cc1c(F)cc(Br)cc1F. The van der Waals surface area contributed by atoms with Crippen LogP contribution in [-0.2, 0) is 6.42 Å². The van der Waals surface area contributed by atoms with Crippen molar-refractivity contribution in [1.82, 2.24) is 0 Å². The molecule has 0 fully saturated rings. The fourth-order valence-corrected chi connectivity index (χ4v) is 1.60. The van der Waals surface area contributed by atoms with Crippen LogP contribution >= 0.6 is 15.9 Å². The summed E-state index contributed by atoms with van der Waals surface area (Å²) in [6.45, 7) is 1.20. The van der Waals surface area contributed by atoms with Gasteiger partial charge in [-0.1, -0.05) is 15.9 Å². The number of nitrogens with two attached hydrogens (primary N) is 1. The maximum absolute atomic E-state index is 13.4.